The van der Waals surface area contributed by atoms with E-state index in [1.54, 1.807) is 61.7 Å². The molecule has 0 fully saturated rings. The van der Waals surface area contributed by atoms with Gasteiger partial charge in [0.05, 0.1) is 65.4 Å². The number of sulfonamides is 2. The molecule has 4 aromatic carbocycles. The zero-order valence-electron chi connectivity index (χ0n) is 43.8. The fraction of sp³-hybridized carbons (Fsp3) is 0.273. The molecular formula is C55H60F2N4O12S2. The Hall–Kier alpha value is -7.84. The molecule has 398 valence electrons. The van der Waals surface area contributed by atoms with Crippen molar-refractivity contribution in [2.75, 3.05) is 57.5 Å². The van der Waals surface area contributed by atoms with Crippen LogP contribution in [-0.4, -0.2) is 86.8 Å². The summed E-state index contributed by atoms with van der Waals surface area (Å²) in [6, 6.07) is 18.8. The number of aromatic amines is 1. The molecule has 0 radical (unpaired) electrons. The Morgan fingerprint density at radius 2 is 0.987 bits per heavy atom. The molecule has 0 aliphatic heterocycles. The molecule has 0 aliphatic rings. The van der Waals surface area contributed by atoms with Gasteiger partial charge < -0.3 is 28.7 Å². The Kier molecular flexibility index (Phi) is 18.2. The van der Waals surface area contributed by atoms with E-state index in [9.17, 15) is 40.0 Å². The zero-order chi connectivity index (χ0) is 55.8. The highest BCUT2D eigenvalue weighted by Crippen LogP contribution is 2.42. The van der Waals surface area contributed by atoms with Crippen molar-refractivity contribution in [3.05, 3.63) is 152 Å². The molecule has 2 heterocycles. The SMILES string of the molecule is COC(=O)c1cc(NS(C)(=O)=O)ccc1/C=C/c1cc(-c2cc(F)c[nH]c2=O)cc(C(C)(C)C)c1OC.COC(=O)c1cc(NS(C)(=O)=O)ccc1/C=C/c1cc(-c2cc(F)cnc2OC)cc(C(C)(C)C)c1OC. The summed E-state index contributed by atoms with van der Waals surface area (Å²) in [5, 5.41) is 0. The number of nitrogens with zero attached hydrogens (tertiary/aromatic N) is 1. The van der Waals surface area contributed by atoms with Gasteiger partial charge in [-0.25, -0.2) is 40.2 Å². The van der Waals surface area contributed by atoms with Gasteiger partial charge in [0.25, 0.3) is 5.56 Å². The first-order chi connectivity index (χ1) is 35.0. The predicted octanol–water partition coefficient (Wildman–Crippen LogP) is 10.3. The van der Waals surface area contributed by atoms with Gasteiger partial charge in [0.15, 0.2) is 0 Å². The van der Waals surface area contributed by atoms with Crippen LogP contribution in [0.3, 0.4) is 0 Å². The van der Waals surface area contributed by atoms with Gasteiger partial charge in [-0.1, -0.05) is 78.0 Å². The topological polar surface area (TPSA) is 218 Å². The number of rotatable bonds is 15. The van der Waals surface area contributed by atoms with E-state index in [1.807, 2.05) is 53.7 Å². The summed E-state index contributed by atoms with van der Waals surface area (Å²) in [7, 11) is -0.0557. The van der Waals surface area contributed by atoms with Crippen LogP contribution in [0.5, 0.6) is 17.4 Å². The molecule has 0 unspecified atom stereocenters. The van der Waals surface area contributed by atoms with Crippen LogP contribution >= 0.6 is 0 Å². The first-order valence-corrected chi connectivity index (χ1v) is 26.6. The number of methoxy groups -OCH3 is 5. The van der Waals surface area contributed by atoms with Crippen molar-refractivity contribution >= 4 is 67.7 Å². The largest absolute Gasteiger partial charge is 0.496 e. The maximum atomic E-state index is 14.2. The van der Waals surface area contributed by atoms with Crippen molar-refractivity contribution in [1.82, 2.24) is 9.97 Å². The maximum absolute atomic E-state index is 14.2. The summed E-state index contributed by atoms with van der Waals surface area (Å²) in [6.45, 7) is 12.1. The summed E-state index contributed by atoms with van der Waals surface area (Å²) < 4.78 is 106. The van der Waals surface area contributed by atoms with Gasteiger partial charge in [0, 0.05) is 51.0 Å². The Bertz CT molecular complexity index is 3490. The first-order valence-electron chi connectivity index (χ1n) is 22.8. The number of hydrogen-bond donors (Lipinski definition) is 3. The Labute approximate surface area is 435 Å². The quantitative estimate of drug-likeness (QED) is 0.0645. The van der Waals surface area contributed by atoms with E-state index >= 15 is 0 Å². The van der Waals surface area contributed by atoms with Gasteiger partial charge in [-0.2, -0.15) is 0 Å². The molecule has 0 saturated carbocycles. The molecule has 2 aromatic heterocycles. The van der Waals surface area contributed by atoms with Gasteiger partial charge in [-0.15, -0.1) is 0 Å². The molecule has 0 atom stereocenters. The number of H-pyrrole nitrogens is 1. The lowest BCUT2D eigenvalue weighted by atomic mass is 9.83. The average Bonchev–Trinajstić information content (AvgIpc) is 3.33. The predicted molar refractivity (Wildman–Crippen MR) is 289 cm³/mol. The minimum atomic E-state index is -3.55. The molecule has 6 aromatic rings. The summed E-state index contributed by atoms with van der Waals surface area (Å²) in [5.41, 5.74) is 5.22. The highest BCUT2D eigenvalue weighted by Gasteiger charge is 2.26. The minimum absolute atomic E-state index is 0.139. The average molecular weight is 1070 g/mol. The van der Waals surface area contributed by atoms with Gasteiger partial charge in [0.2, 0.25) is 25.9 Å². The summed E-state index contributed by atoms with van der Waals surface area (Å²) >= 11 is 0. The van der Waals surface area contributed by atoms with Crippen molar-refractivity contribution in [2.24, 2.45) is 0 Å². The van der Waals surface area contributed by atoms with Crippen LogP contribution in [0.4, 0.5) is 20.2 Å². The van der Waals surface area contributed by atoms with Crippen LogP contribution in [0.1, 0.15) is 95.6 Å². The second-order valence-corrected chi connectivity index (χ2v) is 22.6. The van der Waals surface area contributed by atoms with Gasteiger partial charge in [-0.05, 0) is 93.7 Å². The van der Waals surface area contributed by atoms with Crippen LogP contribution in [-0.2, 0) is 40.4 Å². The number of pyridine rings is 2. The second kappa shape index (κ2) is 23.6. The molecule has 16 nitrogen and oxygen atoms in total. The molecule has 0 spiro atoms. The van der Waals surface area contributed by atoms with Gasteiger partial charge in [-0.3, -0.25) is 14.2 Å². The summed E-state index contributed by atoms with van der Waals surface area (Å²) in [6.07, 6.45) is 10.9. The monoisotopic (exact) mass is 1070 g/mol. The zero-order valence-corrected chi connectivity index (χ0v) is 45.4. The third-order valence-corrected chi connectivity index (χ3v) is 12.4. The molecule has 0 aliphatic carbocycles. The fourth-order valence-electron chi connectivity index (χ4n) is 7.79. The molecule has 0 saturated heterocycles. The molecule has 0 amide bonds. The minimum Gasteiger partial charge on any atom is -0.496 e. The smallest absolute Gasteiger partial charge is 0.338 e. The van der Waals surface area contributed by atoms with Crippen molar-refractivity contribution in [3.8, 4) is 39.6 Å². The molecule has 0 bridgehead atoms. The molecule has 75 heavy (non-hydrogen) atoms. The number of ether oxygens (including phenoxy) is 5. The molecule has 20 heteroatoms. The number of carbonyl (C=O) groups excluding carboxylic acids is 2. The van der Waals surface area contributed by atoms with Gasteiger partial charge in [0.1, 0.15) is 23.1 Å². The Balaban J connectivity index is 0.000000277. The standard InChI is InChI=1S/C28H31FN2O6S.C27H29FN2O6S/c1-28(2,3)24-13-19(22-14-20(29)16-30-26(22)36-5)12-18(25(24)35-4)9-8-17-10-11-21(31-38(7,33)34)15-23(17)27(32)37-6;1-27(2,3)23-12-18(21-13-19(28)15-29-25(21)31)11-17(24(23)35-4)8-7-16-9-10-20(30-37(6,33)34)14-22(16)26(32)36-5/h8-16,31H,1-7H3;7-15,30H,1-6H3,(H,29,31)/b9-8+;8-7+. The van der Waals surface area contributed by atoms with Crippen molar-refractivity contribution in [2.45, 2.75) is 52.4 Å². The second-order valence-electron chi connectivity index (χ2n) is 19.1. The number of esters is 2. The number of benzene rings is 4. The number of aromatic nitrogens is 2. The molecular weight excluding hydrogens is 1010 g/mol. The lowest BCUT2D eigenvalue weighted by Crippen LogP contribution is -2.15. The van der Waals surface area contributed by atoms with Crippen molar-refractivity contribution in [1.29, 1.82) is 0 Å². The van der Waals surface area contributed by atoms with Crippen LogP contribution in [0, 0.1) is 11.6 Å². The number of halogens is 2. The van der Waals surface area contributed by atoms with Crippen LogP contribution < -0.4 is 29.2 Å². The highest BCUT2D eigenvalue weighted by atomic mass is 32.2. The summed E-state index contributed by atoms with van der Waals surface area (Å²) in [5.74, 6) is -0.936. The van der Waals surface area contributed by atoms with E-state index in [2.05, 4.69) is 19.4 Å². The lowest BCUT2D eigenvalue weighted by molar-refractivity contribution is 0.0591. The molecule has 3 N–H and O–H groups in total. The third kappa shape index (κ3) is 15.1. The lowest BCUT2D eigenvalue weighted by Gasteiger charge is -2.25. The van der Waals surface area contributed by atoms with E-state index in [4.69, 9.17) is 23.7 Å². The maximum Gasteiger partial charge on any atom is 0.338 e. The number of anilines is 2. The van der Waals surface area contributed by atoms with E-state index < -0.39 is 49.2 Å². The van der Waals surface area contributed by atoms with E-state index in [0.29, 0.717) is 50.4 Å². The number of hydrogen-bond acceptors (Lipinski definition) is 13. The normalized spacial score (nSPS) is 11.9. The van der Waals surface area contributed by atoms with Crippen molar-refractivity contribution in [3.63, 3.8) is 0 Å². The van der Waals surface area contributed by atoms with Crippen molar-refractivity contribution < 1.29 is 58.9 Å². The van der Waals surface area contributed by atoms with Crippen LogP contribution in [0.15, 0.2) is 90.0 Å². The van der Waals surface area contributed by atoms with E-state index in [0.717, 1.165) is 36.0 Å². The third-order valence-electron chi connectivity index (χ3n) is 11.2. The Morgan fingerprint density at radius 3 is 1.37 bits per heavy atom. The van der Waals surface area contributed by atoms with Crippen LogP contribution in [0.25, 0.3) is 46.6 Å². The van der Waals surface area contributed by atoms with E-state index in [-0.39, 0.29) is 44.8 Å². The summed E-state index contributed by atoms with van der Waals surface area (Å²) in [4.78, 5) is 43.9. The first kappa shape index (κ1) is 58.1. The van der Waals surface area contributed by atoms with Gasteiger partial charge >= 0.3 is 11.9 Å². The van der Waals surface area contributed by atoms with E-state index in [1.165, 1.54) is 58.8 Å². The number of carbonyl (C=O) groups is 2. The molecule has 6 rings (SSSR count). The highest BCUT2D eigenvalue weighted by molar-refractivity contribution is 7.92. The number of nitrogens with one attached hydrogen (secondary N) is 3. The fourth-order valence-corrected chi connectivity index (χ4v) is 8.90. The van der Waals surface area contributed by atoms with Crippen LogP contribution in [0.2, 0.25) is 0 Å². The Morgan fingerprint density at radius 1 is 0.573 bits per heavy atom.